The number of nitrogens with two attached hydrogens (primary N) is 1. The van der Waals surface area contributed by atoms with E-state index in [1.807, 2.05) is 0 Å². The Morgan fingerprint density at radius 3 is 2.49 bits per heavy atom. The van der Waals surface area contributed by atoms with E-state index in [4.69, 9.17) is 10.5 Å². The number of aromatic nitrogens is 1. The molecule has 1 aromatic heterocycles. The molecule has 35 heavy (non-hydrogen) atoms. The number of benzene rings is 1. The maximum absolute atomic E-state index is 14.9. The van der Waals surface area contributed by atoms with E-state index in [1.54, 1.807) is 6.07 Å². The number of methoxy groups -OCH3 is 1. The summed E-state index contributed by atoms with van der Waals surface area (Å²) in [5, 5.41) is 2.60. The van der Waals surface area contributed by atoms with Gasteiger partial charge in [0.2, 0.25) is 10.0 Å². The standard InChI is InChI=1S/C21H24FN5O6S2/c1-20(12-35(31,32)21(19(23)26-20)10-27(11-21)34(3,29)30)15-8-13(4-6-16(15)22)25-18(28)17-7-5-14(33-2)9-24-17/h4-9H,10-12H2,1-3H3,(H2,23,26)(H,25,28). The van der Waals surface area contributed by atoms with Gasteiger partial charge in [0.25, 0.3) is 5.91 Å². The van der Waals surface area contributed by atoms with Crippen molar-refractivity contribution in [3.63, 3.8) is 0 Å². The number of carbonyl (C=O) groups is 1. The SMILES string of the molecule is COc1ccc(C(=O)Nc2ccc(F)c(C3(C)CS(=O)(=O)C4(CN(S(C)(=O)=O)C4)C(N)=N3)c2)nc1. The molecule has 2 aliphatic rings. The summed E-state index contributed by atoms with van der Waals surface area (Å²) in [6.45, 7) is 0.742. The van der Waals surface area contributed by atoms with Gasteiger partial charge in [-0.2, -0.15) is 4.31 Å². The number of sulfone groups is 1. The lowest BCUT2D eigenvalue weighted by molar-refractivity contribution is 0.102. The third-order valence-electron chi connectivity index (χ3n) is 6.24. The summed E-state index contributed by atoms with van der Waals surface area (Å²) in [6.07, 6.45) is 2.35. The topological polar surface area (TPSA) is 161 Å². The largest absolute Gasteiger partial charge is 0.495 e. The fourth-order valence-electron chi connectivity index (χ4n) is 4.17. The minimum absolute atomic E-state index is 0.0846. The predicted molar refractivity (Wildman–Crippen MR) is 127 cm³/mol. The maximum atomic E-state index is 14.9. The Morgan fingerprint density at radius 1 is 1.26 bits per heavy atom. The minimum atomic E-state index is -4.02. The van der Waals surface area contributed by atoms with Gasteiger partial charge in [-0.3, -0.25) is 9.79 Å². The van der Waals surface area contributed by atoms with Gasteiger partial charge >= 0.3 is 0 Å². The molecular formula is C21H24FN5O6S2. The number of amidine groups is 1. The molecule has 3 N–H and O–H groups in total. The van der Waals surface area contributed by atoms with Crippen LogP contribution in [0.15, 0.2) is 41.5 Å². The average molecular weight is 526 g/mol. The molecule has 1 aromatic carbocycles. The monoisotopic (exact) mass is 525 g/mol. The van der Waals surface area contributed by atoms with Crippen molar-refractivity contribution in [2.24, 2.45) is 10.7 Å². The minimum Gasteiger partial charge on any atom is -0.495 e. The molecule has 2 aromatic rings. The molecule has 188 valence electrons. The van der Waals surface area contributed by atoms with Crippen LogP contribution in [-0.4, -0.2) is 74.8 Å². The van der Waals surface area contributed by atoms with Crippen molar-refractivity contribution in [2.45, 2.75) is 17.2 Å². The van der Waals surface area contributed by atoms with Crippen molar-refractivity contribution in [1.29, 1.82) is 0 Å². The molecule has 1 spiro atoms. The lowest BCUT2D eigenvalue weighted by Crippen LogP contribution is -2.75. The zero-order valence-electron chi connectivity index (χ0n) is 19.1. The second kappa shape index (κ2) is 8.24. The number of amides is 1. The maximum Gasteiger partial charge on any atom is 0.274 e. The molecule has 3 heterocycles. The Labute approximate surface area is 202 Å². The summed E-state index contributed by atoms with van der Waals surface area (Å²) in [6, 6.07) is 6.73. The molecule has 2 aliphatic heterocycles. The van der Waals surface area contributed by atoms with Crippen LogP contribution in [0.3, 0.4) is 0 Å². The highest BCUT2D eigenvalue weighted by Gasteiger charge is 2.63. The fourth-order valence-corrected chi connectivity index (χ4v) is 7.55. The second-order valence-corrected chi connectivity index (χ2v) is 13.1. The molecule has 1 saturated heterocycles. The van der Waals surface area contributed by atoms with Gasteiger partial charge in [-0.1, -0.05) is 0 Å². The summed E-state index contributed by atoms with van der Waals surface area (Å²) in [5.41, 5.74) is 4.69. The quantitative estimate of drug-likeness (QED) is 0.570. The van der Waals surface area contributed by atoms with Crippen molar-refractivity contribution in [3.8, 4) is 5.75 Å². The molecule has 11 nitrogen and oxygen atoms in total. The van der Waals surface area contributed by atoms with Crippen LogP contribution < -0.4 is 15.8 Å². The predicted octanol–water partition coefficient (Wildman–Crippen LogP) is 0.496. The summed E-state index contributed by atoms with van der Waals surface area (Å²) in [7, 11) is -6.16. The van der Waals surface area contributed by atoms with Crippen LogP contribution in [0, 0.1) is 5.82 Å². The highest BCUT2D eigenvalue weighted by molar-refractivity contribution is 7.94. The van der Waals surface area contributed by atoms with Gasteiger partial charge in [0.15, 0.2) is 14.6 Å². The van der Waals surface area contributed by atoms with Gasteiger partial charge in [-0.25, -0.2) is 26.2 Å². The molecule has 0 aliphatic carbocycles. The van der Waals surface area contributed by atoms with Crippen molar-refractivity contribution < 1.29 is 30.8 Å². The number of nitrogens with zero attached hydrogens (tertiary/aromatic N) is 3. The number of anilines is 1. The van der Waals surface area contributed by atoms with Crippen LogP contribution >= 0.6 is 0 Å². The number of pyridine rings is 1. The fraction of sp³-hybridized carbons (Fsp3) is 0.381. The van der Waals surface area contributed by atoms with E-state index in [1.165, 1.54) is 38.4 Å². The van der Waals surface area contributed by atoms with Crippen molar-refractivity contribution >= 4 is 37.3 Å². The van der Waals surface area contributed by atoms with Crippen LogP contribution in [0.25, 0.3) is 0 Å². The lowest BCUT2D eigenvalue weighted by Gasteiger charge is -2.50. The van der Waals surface area contributed by atoms with Gasteiger partial charge in [0, 0.05) is 24.3 Å². The van der Waals surface area contributed by atoms with E-state index < -0.39 is 47.6 Å². The van der Waals surface area contributed by atoms with Crippen molar-refractivity contribution in [3.05, 3.63) is 53.6 Å². The Hall–Kier alpha value is -3.10. The van der Waals surface area contributed by atoms with Crippen LogP contribution in [0.5, 0.6) is 5.75 Å². The third kappa shape index (κ3) is 4.25. The summed E-state index contributed by atoms with van der Waals surface area (Å²) in [4.78, 5) is 20.9. The van der Waals surface area contributed by atoms with Gasteiger partial charge in [-0.05, 0) is 37.3 Å². The zero-order valence-corrected chi connectivity index (χ0v) is 20.8. The number of hydrogen-bond acceptors (Lipinski definition) is 9. The third-order valence-corrected chi connectivity index (χ3v) is 10.0. The van der Waals surface area contributed by atoms with Gasteiger partial charge in [-0.15, -0.1) is 0 Å². The van der Waals surface area contributed by atoms with Crippen LogP contribution in [0.2, 0.25) is 0 Å². The molecule has 0 bridgehead atoms. The van der Waals surface area contributed by atoms with E-state index >= 15 is 0 Å². The first-order valence-electron chi connectivity index (χ1n) is 10.4. The number of hydrogen-bond donors (Lipinski definition) is 2. The van der Waals surface area contributed by atoms with Gasteiger partial charge in [0.1, 0.15) is 28.6 Å². The number of nitrogens with one attached hydrogen (secondary N) is 1. The molecule has 1 amide bonds. The Bertz CT molecular complexity index is 1440. The number of sulfonamides is 1. The summed E-state index contributed by atoms with van der Waals surface area (Å²) in [5.74, 6) is -1.70. The number of rotatable bonds is 5. The normalized spacial score (nSPS) is 23.3. The Morgan fingerprint density at radius 2 is 1.94 bits per heavy atom. The molecule has 1 fully saturated rings. The van der Waals surface area contributed by atoms with E-state index in [0.717, 1.165) is 16.6 Å². The van der Waals surface area contributed by atoms with E-state index in [2.05, 4.69) is 15.3 Å². The second-order valence-electron chi connectivity index (χ2n) is 8.79. The zero-order chi connectivity index (χ0) is 25.8. The molecule has 0 radical (unpaired) electrons. The highest BCUT2D eigenvalue weighted by Crippen LogP contribution is 2.43. The number of halogens is 1. The van der Waals surface area contributed by atoms with E-state index in [0.29, 0.717) is 5.75 Å². The Kier molecular flexibility index (Phi) is 5.89. The number of ether oxygens (including phenoxy) is 1. The molecule has 1 unspecified atom stereocenters. The smallest absolute Gasteiger partial charge is 0.274 e. The average Bonchev–Trinajstić information content (AvgIpc) is 2.71. The molecular weight excluding hydrogens is 501 g/mol. The van der Waals surface area contributed by atoms with Crippen molar-refractivity contribution in [2.75, 3.05) is 37.5 Å². The summed E-state index contributed by atoms with van der Waals surface area (Å²) >= 11 is 0. The van der Waals surface area contributed by atoms with E-state index in [9.17, 15) is 26.0 Å². The van der Waals surface area contributed by atoms with Crippen molar-refractivity contribution in [1.82, 2.24) is 9.29 Å². The molecule has 1 atom stereocenters. The Balaban J connectivity index is 1.65. The lowest BCUT2D eigenvalue weighted by atomic mass is 9.91. The number of carbonyl (C=O) groups excluding carboxylic acids is 1. The number of aliphatic imine (C=N–C) groups is 1. The molecule has 4 rings (SSSR count). The van der Waals surface area contributed by atoms with Crippen LogP contribution in [-0.2, 0) is 25.4 Å². The van der Waals surface area contributed by atoms with Crippen LogP contribution in [0.1, 0.15) is 23.0 Å². The first kappa shape index (κ1) is 25.0. The molecule has 14 heteroatoms. The molecule has 0 saturated carbocycles. The first-order chi connectivity index (χ1) is 16.2. The first-order valence-corrected chi connectivity index (χ1v) is 13.9. The summed E-state index contributed by atoms with van der Waals surface area (Å²) < 4.78 is 69.4. The van der Waals surface area contributed by atoms with E-state index in [-0.39, 0.29) is 35.9 Å². The highest BCUT2D eigenvalue weighted by atomic mass is 32.2. The van der Waals surface area contributed by atoms with Gasteiger partial charge in [0.05, 0.1) is 25.3 Å². The van der Waals surface area contributed by atoms with Crippen LogP contribution in [0.4, 0.5) is 10.1 Å². The van der Waals surface area contributed by atoms with Gasteiger partial charge < -0.3 is 15.8 Å².